The largest absolute Gasteiger partial charge is 0.384 e. The highest BCUT2D eigenvalue weighted by molar-refractivity contribution is 7.91. The normalized spacial score (nSPS) is 20.1. The predicted octanol–water partition coefficient (Wildman–Crippen LogP) is 0.250. The van der Waals surface area contributed by atoms with Gasteiger partial charge in [-0.3, -0.25) is 4.79 Å². The zero-order valence-corrected chi connectivity index (χ0v) is 12.3. The molecule has 1 aliphatic rings. The van der Waals surface area contributed by atoms with Crippen molar-refractivity contribution in [2.24, 2.45) is 5.92 Å². The van der Waals surface area contributed by atoms with Crippen LogP contribution in [-0.2, 0) is 14.6 Å². The molecule has 0 spiro atoms. The van der Waals surface area contributed by atoms with Crippen molar-refractivity contribution in [1.82, 2.24) is 4.98 Å². The Labute approximate surface area is 121 Å². The number of sulfone groups is 1. The minimum absolute atomic E-state index is 0.0888. The van der Waals surface area contributed by atoms with E-state index in [1.165, 1.54) is 17.5 Å². The minimum Gasteiger partial charge on any atom is -0.384 e. The monoisotopic (exact) mass is 314 g/mol. The lowest BCUT2D eigenvalue weighted by atomic mass is 10.1. The summed E-state index contributed by atoms with van der Waals surface area (Å²) < 4.78 is 22.6. The third-order valence-corrected chi connectivity index (χ3v) is 5.51. The second kappa shape index (κ2) is 6.35. The first-order valence-corrected chi connectivity index (χ1v) is 8.68. The molecule has 0 radical (unpaired) electrons. The van der Waals surface area contributed by atoms with Gasteiger partial charge in [0.2, 0.25) is 5.91 Å². The standard InChI is InChI=1S/C12H14N2O4S2/c15-4-1-2-10-7-13-12(19-10)14-11(16)6-9-3-5-20(17,18)8-9/h7,9,15H,3-6,8H2,(H,13,14,16). The predicted molar refractivity (Wildman–Crippen MR) is 76.1 cm³/mol. The van der Waals surface area contributed by atoms with Gasteiger partial charge in [-0.1, -0.05) is 23.2 Å². The molecule has 1 aromatic rings. The van der Waals surface area contributed by atoms with Crippen LogP contribution in [0.5, 0.6) is 0 Å². The van der Waals surface area contributed by atoms with Gasteiger partial charge in [-0.2, -0.15) is 0 Å². The third kappa shape index (κ3) is 4.30. The van der Waals surface area contributed by atoms with Crippen molar-refractivity contribution in [2.75, 3.05) is 23.4 Å². The Morgan fingerprint density at radius 3 is 3.05 bits per heavy atom. The molecule has 2 N–H and O–H groups in total. The number of nitrogens with zero attached hydrogens (tertiary/aromatic N) is 1. The van der Waals surface area contributed by atoms with Gasteiger partial charge in [-0.25, -0.2) is 13.4 Å². The van der Waals surface area contributed by atoms with E-state index in [4.69, 9.17) is 5.11 Å². The fourth-order valence-electron chi connectivity index (χ4n) is 1.98. The Kier molecular flexibility index (Phi) is 4.75. The van der Waals surface area contributed by atoms with E-state index in [-0.39, 0.29) is 36.4 Å². The summed E-state index contributed by atoms with van der Waals surface area (Å²) in [5, 5.41) is 11.6. The zero-order chi connectivity index (χ0) is 14.6. The van der Waals surface area contributed by atoms with Crippen molar-refractivity contribution in [2.45, 2.75) is 12.8 Å². The molecule has 20 heavy (non-hydrogen) atoms. The topological polar surface area (TPSA) is 96.4 Å². The van der Waals surface area contributed by atoms with Crippen LogP contribution >= 0.6 is 11.3 Å². The number of aliphatic hydroxyl groups excluding tert-OH is 1. The molecule has 1 saturated heterocycles. The van der Waals surface area contributed by atoms with E-state index in [2.05, 4.69) is 22.1 Å². The fraction of sp³-hybridized carbons (Fsp3) is 0.500. The van der Waals surface area contributed by atoms with Crippen LogP contribution in [0, 0.1) is 17.8 Å². The Morgan fingerprint density at radius 2 is 2.40 bits per heavy atom. The summed E-state index contributed by atoms with van der Waals surface area (Å²) in [7, 11) is -2.96. The molecule has 2 heterocycles. The van der Waals surface area contributed by atoms with Crippen molar-refractivity contribution in [3.63, 3.8) is 0 Å². The lowest BCUT2D eigenvalue weighted by Crippen LogP contribution is -2.17. The molecule has 0 bridgehead atoms. The summed E-state index contributed by atoms with van der Waals surface area (Å²) in [6.45, 7) is -0.226. The number of rotatable bonds is 3. The Balaban J connectivity index is 1.87. The first kappa shape index (κ1) is 15.0. The number of carbonyl (C=O) groups excluding carboxylic acids is 1. The second-order valence-electron chi connectivity index (χ2n) is 4.51. The van der Waals surface area contributed by atoms with E-state index in [1.807, 2.05) is 0 Å². The van der Waals surface area contributed by atoms with E-state index in [0.717, 1.165) is 0 Å². The van der Waals surface area contributed by atoms with Crippen molar-refractivity contribution in [3.05, 3.63) is 11.1 Å². The van der Waals surface area contributed by atoms with Crippen molar-refractivity contribution in [1.29, 1.82) is 0 Å². The summed E-state index contributed by atoms with van der Waals surface area (Å²) in [6.07, 6.45) is 2.25. The molecule has 1 unspecified atom stereocenters. The maximum Gasteiger partial charge on any atom is 0.226 e. The van der Waals surface area contributed by atoms with Crippen molar-refractivity contribution in [3.8, 4) is 11.8 Å². The van der Waals surface area contributed by atoms with Gasteiger partial charge in [0.05, 0.1) is 22.6 Å². The molecule has 108 valence electrons. The summed E-state index contributed by atoms with van der Waals surface area (Å²) in [4.78, 5) is 16.4. The molecule has 1 atom stereocenters. The van der Waals surface area contributed by atoms with Gasteiger partial charge in [0.25, 0.3) is 0 Å². The van der Waals surface area contributed by atoms with E-state index in [1.54, 1.807) is 0 Å². The average Bonchev–Trinajstić information content (AvgIpc) is 2.93. The molecule has 8 heteroatoms. The van der Waals surface area contributed by atoms with Crippen molar-refractivity contribution < 1.29 is 18.3 Å². The second-order valence-corrected chi connectivity index (χ2v) is 7.77. The Morgan fingerprint density at radius 1 is 1.60 bits per heavy atom. The zero-order valence-electron chi connectivity index (χ0n) is 10.6. The Bertz CT molecular complexity index is 654. The number of aromatic nitrogens is 1. The van der Waals surface area contributed by atoms with Crippen molar-refractivity contribution >= 4 is 32.2 Å². The van der Waals surface area contributed by atoms with Gasteiger partial charge >= 0.3 is 0 Å². The van der Waals surface area contributed by atoms with Crippen LogP contribution in [0.3, 0.4) is 0 Å². The lowest BCUT2D eigenvalue weighted by Gasteiger charge is -2.06. The molecular weight excluding hydrogens is 300 g/mol. The van der Waals surface area contributed by atoms with Crippen LogP contribution in [0.4, 0.5) is 5.13 Å². The third-order valence-electron chi connectivity index (χ3n) is 2.84. The van der Waals surface area contributed by atoms with Crippen LogP contribution in [0.25, 0.3) is 0 Å². The average molecular weight is 314 g/mol. The smallest absolute Gasteiger partial charge is 0.226 e. The summed E-state index contributed by atoms with van der Waals surface area (Å²) in [5.74, 6) is 5.11. The molecule has 0 aromatic carbocycles. The number of amides is 1. The fourth-order valence-corrected chi connectivity index (χ4v) is 4.55. The van der Waals surface area contributed by atoms with Gasteiger partial charge in [0.1, 0.15) is 6.61 Å². The van der Waals surface area contributed by atoms with Gasteiger partial charge in [0.15, 0.2) is 15.0 Å². The molecule has 1 fully saturated rings. The van der Waals surface area contributed by atoms with Crippen LogP contribution in [0.1, 0.15) is 17.7 Å². The number of hydrogen-bond acceptors (Lipinski definition) is 6. The molecule has 0 aliphatic carbocycles. The number of carbonyl (C=O) groups is 1. The molecule has 1 amide bonds. The van der Waals surface area contributed by atoms with Crippen LogP contribution in [0.2, 0.25) is 0 Å². The molecule has 1 aliphatic heterocycles. The first-order valence-electron chi connectivity index (χ1n) is 6.04. The summed E-state index contributed by atoms with van der Waals surface area (Å²) >= 11 is 1.21. The number of aliphatic hydroxyl groups is 1. The van der Waals surface area contributed by atoms with Crippen LogP contribution in [-0.4, -0.2) is 42.5 Å². The Hall–Kier alpha value is -1.43. The highest BCUT2D eigenvalue weighted by Gasteiger charge is 2.29. The van der Waals surface area contributed by atoms with E-state index < -0.39 is 9.84 Å². The number of nitrogens with one attached hydrogen (secondary N) is 1. The molecular formula is C12H14N2O4S2. The lowest BCUT2D eigenvalue weighted by molar-refractivity contribution is -0.116. The first-order chi connectivity index (χ1) is 9.48. The molecule has 2 rings (SSSR count). The summed E-state index contributed by atoms with van der Waals surface area (Å²) in [5.41, 5.74) is 0. The molecule has 6 nitrogen and oxygen atoms in total. The van der Waals surface area contributed by atoms with E-state index in [0.29, 0.717) is 16.4 Å². The maximum atomic E-state index is 11.8. The minimum atomic E-state index is -2.96. The SMILES string of the molecule is O=C(CC1CCS(=O)(=O)C1)Nc1ncc(C#CCO)s1. The van der Waals surface area contributed by atoms with Crippen LogP contribution in [0.15, 0.2) is 6.20 Å². The van der Waals surface area contributed by atoms with Gasteiger partial charge < -0.3 is 10.4 Å². The van der Waals surface area contributed by atoms with E-state index >= 15 is 0 Å². The van der Waals surface area contributed by atoms with Gasteiger partial charge in [-0.05, 0) is 12.3 Å². The number of anilines is 1. The quantitative estimate of drug-likeness (QED) is 0.780. The van der Waals surface area contributed by atoms with E-state index in [9.17, 15) is 13.2 Å². The highest BCUT2D eigenvalue weighted by atomic mass is 32.2. The molecule has 0 saturated carbocycles. The number of thiazole rings is 1. The van der Waals surface area contributed by atoms with Gasteiger partial charge in [-0.15, -0.1) is 0 Å². The number of hydrogen-bond donors (Lipinski definition) is 2. The maximum absolute atomic E-state index is 11.8. The summed E-state index contributed by atoms with van der Waals surface area (Å²) in [6, 6.07) is 0. The molecule has 1 aromatic heterocycles. The highest BCUT2D eigenvalue weighted by Crippen LogP contribution is 2.23. The van der Waals surface area contributed by atoms with Crippen LogP contribution < -0.4 is 5.32 Å². The van der Waals surface area contributed by atoms with Gasteiger partial charge in [0, 0.05) is 6.42 Å².